The van der Waals surface area contributed by atoms with Gasteiger partial charge in [0.15, 0.2) is 6.54 Å². The summed E-state index contributed by atoms with van der Waals surface area (Å²) in [6, 6.07) is 26.8. The highest BCUT2D eigenvalue weighted by atomic mass is 35.5. The van der Waals surface area contributed by atoms with Gasteiger partial charge in [-0.05, 0) is 95.1 Å². The minimum absolute atomic E-state index is 0.0320. The van der Waals surface area contributed by atoms with Gasteiger partial charge in [0, 0.05) is 40.0 Å². The van der Waals surface area contributed by atoms with Crippen LogP contribution in [0, 0.1) is 0 Å². The lowest BCUT2D eigenvalue weighted by Crippen LogP contribution is -2.40. The van der Waals surface area contributed by atoms with Crippen molar-refractivity contribution >= 4 is 50.2 Å². The van der Waals surface area contributed by atoms with Crippen LogP contribution in [-0.2, 0) is 10.8 Å². The number of halogens is 1. The Balaban J connectivity index is 1.08. The minimum atomic E-state index is -0.0320. The lowest BCUT2D eigenvalue weighted by molar-refractivity contribution is -0.448. The summed E-state index contributed by atoms with van der Waals surface area (Å²) in [7, 11) is 0. The molecule has 0 unspecified atom stereocenters. The van der Waals surface area contributed by atoms with Crippen LogP contribution < -0.4 is 4.90 Å². The average molecular weight is 580 g/mol. The van der Waals surface area contributed by atoms with Gasteiger partial charge in [0.1, 0.15) is 0 Å². The molecule has 4 aromatic rings. The zero-order valence-corrected chi connectivity index (χ0v) is 26.1. The molecule has 0 bridgehead atoms. The van der Waals surface area contributed by atoms with Crippen LogP contribution in [0.4, 0.5) is 11.4 Å². The summed E-state index contributed by atoms with van der Waals surface area (Å²) in [5.41, 5.74) is 14.0. The Labute approximate surface area is 259 Å². The number of hydrogen-bond acceptors (Lipinski definition) is 1. The van der Waals surface area contributed by atoms with E-state index in [0.717, 1.165) is 37.4 Å². The second kappa shape index (κ2) is 8.61. The second-order valence-corrected chi connectivity index (χ2v) is 14.4. The predicted octanol–water partition coefficient (Wildman–Crippen LogP) is 9.98. The summed E-state index contributed by atoms with van der Waals surface area (Å²) in [6.07, 6.45) is 8.11. The van der Waals surface area contributed by atoms with E-state index in [-0.39, 0.29) is 10.8 Å². The van der Waals surface area contributed by atoms with Gasteiger partial charge in [0.05, 0.1) is 11.0 Å². The largest absolute Gasteiger partial charge is 0.339 e. The van der Waals surface area contributed by atoms with Gasteiger partial charge < -0.3 is 4.90 Å². The zero-order valence-electron chi connectivity index (χ0n) is 25.4. The molecular weight excluding hydrogens is 544 g/mol. The van der Waals surface area contributed by atoms with E-state index >= 15 is 0 Å². The van der Waals surface area contributed by atoms with E-state index in [4.69, 9.17) is 11.6 Å². The molecule has 4 aromatic carbocycles. The van der Waals surface area contributed by atoms with Crippen molar-refractivity contribution in [3.05, 3.63) is 129 Å². The van der Waals surface area contributed by atoms with Crippen LogP contribution in [0.2, 0.25) is 0 Å². The maximum Gasteiger partial charge on any atom is 0.210 e. The molecule has 0 fully saturated rings. The zero-order chi connectivity index (χ0) is 29.2. The highest BCUT2D eigenvalue weighted by Crippen LogP contribution is 2.56. The van der Waals surface area contributed by atoms with E-state index in [0.29, 0.717) is 0 Å². The molecule has 0 saturated carbocycles. The summed E-state index contributed by atoms with van der Waals surface area (Å²) in [4.78, 5) is 2.53. The number of fused-ring (bicyclic) bond motifs is 9. The predicted molar refractivity (Wildman–Crippen MR) is 181 cm³/mol. The number of benzene rings is 4. The number of hydrogen-bond donors (Lipinski definition) is 0. The molecule has 0 radical (unpaired) electrons. The normalized spacial score (nSPS) is 23.1. The van der Waals surface area contributed by atoms with E-state index in [1.807, 2.05) is 0 Å². The molecule has 0 saturated heterocycles. The molecule has 3 heteroatoms. The fraction of sp³-hybridized carbons (Fsp3) is 0.275. The molecule has 0 atom stereocenters. The van der Waals surface area contributed by atoms with Crippen molar-refractivity contribution in [2.24, 2.45) is 0 Å². The number of allylic oxidation sites excluding steroid dienone is 5. The Kier molecular flexibility index (Phi) is 5.12. The smallest absolute Gasteiger partial charge is 0.210 e. The summed E-state index contributed by atoms with van der Waals surface area (Å²) in [5.74, 6) is 0. The van der Waals surface area contributed by atoms with Crippen LogP contribution in [0.1, 0.15) is 58.1 Å². The van der Waals surface area contributed by atoms with E-state index in [1.165, 1.54) is 77.7 Å². The number of anilines is 1. The van der Waals surface area contributed by atoms with Gasteiger partial charge in [-0.25, -0.2) is 0 Å². The lowest BCUT2D eigenvalue weighted by atomic mass is 9.75. The summed E-state index contributed by atoms with van der Waals surface area (Å²) in [6.45, 7) is 11.5. The van der Waals surface area contributed by atoms with Crippen LogP contribution in [0.5, 0.6) is 0 Å². The van der Waals surface area contributed by atoms with Crippen LogP contribution in [0.15, 0.2) is 118 Å². The molecule has 5 aliphatic rings. The fourth-order valence-corrected chi connectivity index (χ4v) is 9.33. The van der Waals surface area contributed by atoms with E-state index < -0.39 is 0 Å². The molecule has 4 heterocycles. The molecule has 0 aromatic heterocycles. The molecule has 0 N–H and O–H groups in total. The van der Waals surface area contributed by atoms with Crippen LogP contribution in [0.3, 0.4) is 0 Å². The fourth-order valence-electron chi connectivity index (χ4n) is 9.04. The lowest BCUT2D eigenvalue weighted by Gasteiger charge is -2.38. The highest BCUT2D eigenvalue weighted by molar-refractivity contribution is 6.32. The Bertz CT molecular complexity index is 2110. The van der Waals surface area contributed by atoms with E-state index in [2.05, 4.69) is 122 Å². The van der Waals surface area contributed by atoms with Gasteiger partial charge in [0.2, 0.25) is 11.4 Å². The van der Waals surface area contributed by atoms with E-state index in [1.54, 1.807) is 0 Å². The molecule has 0 spiro atoms. The van der Waals surface area contributed by atoms with Crippen LogP contribution >= 0.6 is 11.6 Å². The monoisotopic (exact) mass is 579 g/mol. The first-order chi connectivity index (χ1) is 20.7. The molecular formula is C40H36ClN2+. The first-order valence-electron chi connectivity index (χ1n) is 15.8. The van der Waals surface area contributed by atoms with Crippen molar-refractivity contribution in [1.29, 1.82) is 0 Å². The van der Waals surface area contributed by atoms with Crippen molar-refractivity contribution in [3.63, 3.8) is 0 Å². The van der Waals surface area contributed by atoms with Crippen LogP contribution in [0.25, 0.3) is 21.5 Å². The standard InChI is InChI=1S/C40H36ClN2/c1-39(2)34-30-14-7-5-10-24(30)16-18-32(34)42-22-28(37(39)42)20-26-12-9-13-27(36(26)41)21-29-23-43-33-19-17-25-11-6-8-15-31(25)35(33)40(3,4)38(29)43/h5-8,10-11,14-21H,9,12-13,22-23H2,1-4H3/q+1. The van der Waals surface area contributed by atoms with Crippen LogP contribution in [-0.4, -0.2) is 23.4 Å². The topological polar surface area (TPSA) is 6.25 Å². The van der Waals surface area contributed by atoms with Gasteiger partial charge in [-0.2, -0.15) is 4.58 Å². The molecule has 4 aliphatic heterocycles. The van der Waals surface area contributed by atoms with Crippen molar-refractivity contribution in [2.75, 3.05) is 18.0 Å². The molecule has 9 rings (SSSR count). The number of rotatable bonds is 2. The maximum atomic E-state index is 7.27. The van der Waals surface area contributed by atoms with Gasteiger partial charge in [-0.15, -0.1) is 0 Å². The molecule has 1 aliphatic carbocycles. The average Bonchev–Trinajstić information content (AvgIpc) is 3.27. The first kappa shape index (κ1) is 25.6. The van der Waals surface area contributed by atoms with E-state index in [9.17, 15) is 0 Å². The maximum absolute atomic E-state index is 7.27. The van der Waals surface area contributed by atoms with Crippen molar-refractivity contribution in [3.8, 4) is 0 Å². The quantitative estimate of drug-likeness (QED) is 0.214. The van der Waals surface area contributed by atoms with Gasteiger partial charge >= 0.3 is 0 Å². The Morgan fingerprint density at radius 2 is 1.40 bits per heavy atom. The van der Waals surface area contributed by atoms with Gasteiger partial charge in [-0.3, -0.25) is 0 Å². The van der Waals surface area contributed by atoms with Gasteiger partial charge in [-0.1, -0.05) is 86.1 Å². The Hall–Kier alpha value is -3.88. The first-order valence-corrected chi connectivity index (χ1v) is 16.1. The third kappa shape index (κ3) is 3.33. The van der Waals surface area contributed by atoms with Crippen molar-refractivity contribution < 1.29 is 4.58 Å². The third-order valence-electron chi connectivity index (χ3n) is 10.8. The summed E-state index contributed by atoms with van der Waals surface area (Å²) >= 11 is 7.27. The Morgan fingerprint density at radius 1 is 0.721 bits per heavy atom. The molecule has 0 amide bonds. The minimum Gasteiger partial charge on any atom is -0.339 e. The highest BCUT2D eigenvalue weighted by Gasteiger charge is 2.54. The third-order valence-corrected chi connectivity index (χ3v) is 11.3. The number of nitrogens with zero attached hydrogens (tertiary/aromatic N) is 2. The second-order valence-electron chi connectivity index (χ2n) is 14.0. The SMILES string of the molecule is CC1(C)C2=C(C=C3CCCC(C=C4C[N+]5=C4C(C)(C)c4c5ccc5ccccc45)=C3Cl)CN2c2ccc3ccccc3c21. The molecule has 43 heavy (non-hydrogen) atoms. The molecule has 212 valence electrons. The summed E-state index contributed by atoms with van der Waals surface area (Å²) in [5, 5.41) is 6.37. The van der Waals surface area contributed by atoms with Crippen molar-refractivity contribution in [2.45, 2.75) is 57.8 Å². The van der Waals surface area contributed by atoms with Gasteiger partial charge in [0.25, 0.3) is 0 Å². The Morgan fingerprint density at radius 3 is 2.16 bits per heavy atom. The molecule has 2 nitrogen and oxygen atoms in total. The summed E-state index contributed by atoms with van der Waals surface area (Å²) < 4.78 is 2.53. The van der Waals surface area contributed by atoms with Crippen molar-refractivity contribution in [1.82, 2.24) is 0 Å².